The van der Waals surface area contributed by atoms with Gasteiger partial charge in [-0.2, -0.15) is 0 Å². The van der Waals surface area contributed by atoms with E-state index in [-0.39, 0.29) is 34.4 Å². The summed E-state index contributed by atoms with van der Waals surface area (Å²) in [5.74, 6) is -0.299. The number of esters is 1. The number of methoxy groups -OCH3 is 1. The van der Waals surface area contributed by atoms with Crippen LogP contribution < -0.4 is 4.72 Å². The van der Waals surface area contributed by atoms with E-state index in [2.05, 4.69) is 33.9 Å². The summed E-state index contributed by atoms with van der Waals surface area (Å²) in [5, 5.41) is 0. The molecule has 1 N–H and O–H groups in total. The van der Waals surface area contributed by atoms with Crippen LogP contribution in [0.3, 0.4) is 0 Å². The van der Waals surface area contributed by atoms with Gasteiger partial charge in [-0.3, -0.25) is 4.90 Å². The molecule has 2 aromatic rings. The highest BCUT2D eigenvalue weighted by atomic mass is 35.5. The zero-order valence-electron chi connectivity index (χ0n) is 17.6. The number of nitrogens with zero attached hydrogens (tertiary/aromatic N) is 1. The maximum atomic E-state index is 12.7. The predicted molar refractivity (Wildman–Crippen MR) is 117 cm³/mol. The van der Waals surface area contributed by atoms with E-state index in [1.54, 1.807) is 6.92 Å². The molecular formula is C21H29ClN2O5S. The van der Waals surface area contributed by atoms with Gasteiger partial charge < -0.3 is 9.15 Å². The summed E-state index contributed by atoms with van der Waals surface area (Å²) in [4.78, 5) is 14.2. The average molecular weight is 457 g/mol. The van der Waals surface area contributed by atoms with Gasteiger partial charge >= 0.3 is 5.97 Å². The van der Waals surface area contributed by atoms with Gasteiger partial charge in [0.05, 0.1) is 7.11 Å². The van der Waals surface area contributed by atoms with E-state index >= 15 is 0 Å². The molecule has 30 heavy (non-hydrogen) atoms. The number of rotatable bonds is 8. The van der Waals surface area contributed by atoms with Crippen molar-refractivity contribution in [1.29, 1.82) is 0 Å². The van der Waals surface area contributed by atoms with Gasteiger partial charge in [0.2, 0.25) is 10.0 Å². The molecular weight excluding hydrogens is 428 g/mol. The number of carbonyl (C=O) groups excluding carboxylic acids is 1. The Morgan fingerprint density at radius 2 is 1.87 bits per heavy atom. The molecule has 0 radical (unpaired) electrons. The van der Waals surface area contributed by atoms with Crippen molar-refractivity contribution < 1.29 is 22.4 Å². The minimum absolute atomic E-state index is 0. The van der Waals surface area contributed by atoms with Crippen molar-refractivity contribution in [2.75, 3.05) is 26.7 Å². The van der Waals surface area contributed by atoms with Crippen LogP contribution >= 0.6 is 12.4 Å². The van der Waals surface area contributed by atoms with Crippen molar-refractivity contribution in [3.8, 4) is 0 Å². The second kappa shape index (κ2) is 10.4. The molecule has 1 aromatic carbocycles. The Kier molecular flexibility index (Phi) is 8.49. The fourth-order valence-corrected chi connectivity index (χ4v) is 5.28. The molecule has 0 fully saturated rings. The molecule has 3 rings (SSSR count). The number of benzene rings is 1. The first-order valence-electron chi connectivity index (χ1n) is 9.80. The van der Waals surface area contributed by atoms with Crippen molar-refractivity contribution >= 4 is 28.4 Å². The number of halogens is 1. The largest absolute Gasteiger partial charge is 0.465 e. The zero-order valence-corrected chi connectivity index (χ0v) is 19.2. The maximum absolute atomic E-state index is 12.7. The number of unbranched alkanes of at least 4 members (excludes halogenated alkanes) is 1. The summed E-state index contributed by atoms with van der Waals surface area (Å²) in [6.45, 7) is 6.28. The molecule has 1 aliphatic heterocycles. The molecule has 0 aliphatic carbocycles. The highest BCUT2D eigenvalue weighted by Gasteiger charge is 2.31. The van der Waals surface area contributed by atoms with Crippen LogP contribution in [0.4, 0.5) is 0 Å². The number of carbonyl (C=O) groups is 1. The topological polar surface area (TPSA) is 88.8 Å². The van der Waals surface area contributed by atoms with Crippen molar-refractivity contribution in [3.63, 3.8) is 0 Å². The molecule has 0 spiro atoms. The third kappa shape index (κ3) is 5.43. The molecule has 2 heterocycles. The molecule has 9 heteroatoms. The summed E-state index contributed by atoms with van der Waals surface area (Å²) in [6.07, 6.45) is 2.65. The maximum Gasteiger partial charge on any atom is 0.342 e. The van der Waals surface area contributed by atoms with Crippen molar-refractivity contribution in [1.82, 2.24) is 9.62 Å². The molecule has 0 bridgehead atoms. The van der Waals surface area contributed by atoms with Crippen molar-refractivity contribution in [3.05, 3.63) is 52.5 Å². The van der Waals surface area contributed by atoms with Gasteiger partial charge in [0, 0.05) is 19.6 Å². The van der Waals surface area contributed by atoms with Crippen LogP contribution in [0.5, 0.6) is 0 Å². The minimum Gasteiger partial charge on any atom is -0.465 e. The van der Waals surface area contributed by atoms with Crippen LogP contribution in [0.2, 0.25) is 0 Å². The Balaban J connectivity index is 0.00000320. The summed E-state index contributed by atoms with van der Waals surface area (Å²) in [6, 6.07) is 8.50. The monoisotopic (exact) mass is 456 g/mol. The van der Waals surface area contributed by atoms with E-state index in [0.717, 1.165) is 32.5 Å². The highest BCUT2D eigenvalue weighted by Crippen LogP contribution is 2.27. The number of sulfonamides is 1. The first-order valence-corrected chi connectivity index (χ1v) is 11.3. The number of nitrogens with one attached hydrogen (secondary N) is 1. The molecule has 0 atom stereocenters. The van der Waals surface area contributed by atoms with Gasteiger partial charge in [-0.1, -0.05) is 24.3 Å². The van der Waals surface area contributed by atoms with Crippen LogP contribution in [-0.2, 0) is 27.7 Å². The number of aryl methyl sites for hydroxylation is 2. The lowest BCUT2D eigenvalue weighted by molar-refractivity contribution is 0.0595. The van der Waals surface area contributed by atoms with Gasteiger partial charge in [0.25, 0.3) is 0 Å². The van der Waals surface area contributed by atoms with E-state index < -0.39 is 16.0 Å². The number of hydrogen-bond donors (Lipinski definition) is 1. The van der Waals surface area contributed by atoms with Gasteiger partial charge in [-0.05, 0) is 50.8 Å². The van der Waals surface area contributed by atoms with Crippen LogP contribution in [0.15, 0.2) is 33.6 Å². The smallest absolute Gasteiger partial charge is 0.342 e. The lowest BCUT2D eigenvalue weighted by Gasteiger charge is -2.28. The number of ether oxygens (including phenoxy) is 1. The summed E-state index contributed by atoms with van der Waals surface area (Å²) >= 11 is 0. The van der Waals surface area contributed by atoms with Crippen molar-refractivity contribution in [2.24, 2.45) is 0 Å². The molecule has 0 saturated carbocycles. The lowest BCUT2D eigenvalue weighted by atomic mass is 10.00. The van der Waals surface area contributed by atoms with Gasteiger partial charge in [-0.15, -0.1) is 12.4 Å². The number of fused-ring (bicyclic) bond motifs is 1. The Labute approximate surface area is 184 Å². The van der Waals surface area contributed by atoms with Crippen molar-refractivity contribution in [2.45, 2.75) is 44.6 Å². The Morgan fingerprint density at radius 1 is 1.17 bits per heavy atom. The number of hydrogen-bond acceptors (Lipinski definition) is 6. The molecule has 166 valence electrons. The average Bonchev–Trinajstić information content (AvgIpc) is 3.01. The normalized spacial score (nSPS) is 14.1. The summed E-state index contributed by atoms with van der Waals surface area (Å²) in [7, 11) is -2.64. The molecule has 1 aromatic heterocycles. The first kappa shape index (κ1) is 24.4. The third-order valence-electron chi connectivity index (χ3n) is 5.27. The summed E-state index contributed by atoms with van der Waals surface area (Å²) < 4.78 is 38.1. The molecule has 0 unspecified atom stereocenters. The predicted octanol–water partition coefficient (Wildman–Crippen LogP) is 3.22. The van der Waals surface area contributed by atoms with E-state index in [1.807, 2.05) is 0 Å². The number of furan rings is 1. The van der Waals surface area contributed by atoms with E-state index in [1.165, 1.54) is 25.2 Å². The minimum atomic E-state index is -3.86. The first-order chi connectivity index (χ1) is 13.8. The van der Waals surface area contributed by atoms with Gasteiger partial charge in [-0.25, -0.2) is 17.9 Å². The Bertz CT molecular complexity index is 987. The van der Waals surface area contributed by atoms with Crippen LogP contribution in [-0.4, -0.2) is 46.0 Å². The second-order valence-corrected chi connectivity index (χ2v) is 9.01. The molecule has 0 amide bonds. The lowest BCUT2D eigenvalue weighted by Crippen LogP contribution is -2.32. The van der Waals surface area contributed by atoms with Crippen LogP contribution in [0, 0.1) is 13.8 Å². The zero-order chi connectivity index (χ0) is 21.0. The standard InChI is InChI=1S/C21H28N2O5S.ClH/c1-15-19(21(24)27-3)20(16(2)28-15)29(25,26)22-11-6-7-12-23-13-10-17-8-4-5-9-18(17)14-23;/h4-5,8-9,22H,6-7,10-14H2,1-3H3;1H. The Morgan fingerprint density at radius 3 is 2.57 bits per heavy atom. The molecule has 7 nitrogen and oxygen atoms in total. The fraction of sp³-hybridized carbons (Fsp3) is 0.476. The quantitative estimate of drug-likeness (QED) is 0.484. The van der Waals surface area contributed by atoms with Gasteiger partial charge in [0.15, 0.2) is 0 Å². The fourth-order valence-electron chi connectivity index (χ4n) is 3.81. The van der Waals surface area contributed by atoms with E-state index in [0.29, 0.717) is 13.0 Å². The molecule has 0 saturated heterocycles. The van der Waals surface area contributed by atoms with Crippen LogP contribution in [0.1, 0.15) is 45.8 Å². The van der Waals surface area contributed by atoms with Gasteiger partial charge in [0.1, 0.15) is 22.0 Å². The second-order valence-electron chi connectivity index (χ2n) is 7.31. The highest BCUT2D eigenvalue weighted by molar-refractivity contribution is 7.89. The third-order valence-corrected chi connectivity index (χ3v) is 6.88. The van der Waals surface area contributed by atoms with Crippen LogP contribution in [0.25, 0.3) is 0 Å². The Hall–Kier alpha value is -1.87. The summed E-state index contributed by atoms with van der Waals surface area (Å²) in [5.41, 5.74) is 2.76. The SMILES string of the molecule is COC(=O)c1c(C)oc(C)c1S(=O)(=O)NCCCCN1CCc2ccccc2C1.Cl. The van der Waals surface area contributed by atoms with E-state index in [4.69, 9.17) is 9.15 Å². The molecule has 1 aliphatic rings. The van der Waals surface area contributed by atoms with E-state index in [9.17, 15) is 13.2 Å².